The van der Waals surface area contributed by atoms with E-state index in [9.17, 15) is 10.1 Å². The van der Waals surface area contributed by atoms with E-state index in [2.05, 4.69) is 18.3 Å². The van der Waals surface area contributed by atoms with Gasteiger partial charge in [0.05, 0.1) is 12.7 Å². The first-order valence-corrected chi connectivity index (χ1v) is 8.71. The monoisotopic (exact) mass is 327 g/mol. The molecular weight excluding hydrogens is 302 g/mol. The molecule has 0 radical (unpaired) electrons. The van der Waals surface area contributed by atoms with Crippen LogP contribution in [0.3, 0.4) is 0 Å². The van der Waals surface area contributed by atoms with E-state index in [1.165, 1.54) is 0 Å². The second-order valence-corrected chi connectivity index (χ2v) is 6.96. The van der Waals surface area contributed by atoms with Crippen molar-refractivity contribution < 1.29 is 9.53 Å². The number of nitriles is 1. The second-order valence-electron chi connectivity index (χ2n) is 6.96. The number of nitrogens with zero attached hydrogens (tertiary/aromatic N) is 2. The minimum atomic E-state index is 0.311. The summed E-state index contributed by atoms with van der Waals surface area (Å²) in [5.74, 6) is 1.72. The first kappa shape index (κ1) is 16.8. The SMILES string of the molecule is COc1ccc(CNC2CCN(C(=O)C3CC3)CC2C)cc1C#N. The van der Waals surface area contributed by atoms with Crippen LogP contribution < -0.4 is 10.1 Å². The molecule has 0 bridgehead atoms. The van der Waals surface area contributed by atoms with Crippen LogP contribution in [0.25, 0.3) is 0 Å². The van der Waals surface area contributed by atoms with Crippen LogP contribution >= 0.6 is 0 Å². The number of benzene rings is 1. The molecule has 0 spiro atoms. The molecule has 1 aliphatic heterocycles. The lowest BCUT2D eigenvalue weighted by atomic mass is 9.93. The molecule has 1 saturated heterocycles. The van der Waals surface area contributed by atoms with E-state index in [-0.39, 0.29) is 0 Å². The number of ether oxygens (including phenoxy) is 1. The number of carbonyl (C=O) groups excluding carboxylic acids is 1. The number of rotatable bonds is 5. The molecular formula is C19H25N3O2. The molecule has 1 heterocycles. The van der Waals surface area contributed by atoms with Crippen LogP contribution in [0.1, 0.15) is 37.3 Å². The predicted molar refractivity (Wildman–Crippen MR) is 91.4 cm³/mol. The van der Waals surface area contributed by atoms with Crippen LogP contribution in [-0.2, 0) is 11.3 Å². The molecule has 0 aromatic heterocycles. The van der Waals surface area contributed by atoms with Crippen molar-refractivity contribution in [2.24, 2.45) is 11.8 Å². The molecule has 2 unspecified atom stereocenters. The molecule has 1 aromatic rings. The topological polar surface area (TPSA) is 65.4 Å². The quantitative estimate of drug-likeness (QED) is 0.901. The largest absolute Gasteiger partial charge is 0.495 e. The maximum atomic E-state index is 12.2. The van der Waals surface area contributed by atoms with Gasteiger partial charge in [-0.05, 0) is 42.9 Å². The van der Waals surface area contributed by atoms with E-state index in [1.54, 1.807) is 7.11 Å². The van der Waals surface area contributed by atoms with Crippen LogP contribution in [0.15, 0.2) is 18.2 Å². The van der Waals surface area contributed by atoms with Gasteiger partial charge in [-0.1, -0.05) is 13.0 Å². The average Bonchev–Trinajstić information content (AvgIpc) is 3.44. The van der Waals surface area contributed by atoms with Crippen molar-refractivity contribution in [2.75, 3.05) is 20.2 Å². The Morgan fingerprint density at radius 2 is 2.21 bits per heavy atom. The minimum Gasteiger partial charge on any atom is -0.495 e. The van der Waals surface area contributed by atoms with Crippen molar-refractivity contribution in [1.82, 2.24) is 10.2 Å². The maximum Gasteiger partial charge on any atom is 0.225 e. The third kappa shape index (κ3) is 3.70. The van der Waals surface area contributed by atoms with Crippen LogP contribution in [0.4, 0.5) is 0 Å². The van der Waals surface area contributed by atoms with E-state index in [1.807, 2.05) is 23.1 Å². The minimum absolute atomic E-state index is 0.311. The first-order valence-electron chi connectivity index (χ1n) is 8.71. The summed E-state index contributed by atoms with van der Waals surface area (Å²) >= 11 is 0. The Morgan fingerprint density at radius 1 is 1.42 bits per heavy atom. The van der Waals surface area contributed by atoms with Gasteiger partial charge in [0.1, 0.15) is 11.8 Å². The number of amides is 1. The van der Waals surface area contributed by atoms with Crippen molar-refractivity contribution in [1.29, 1.82) is 5.26 Å². The Bertz CT molecular complexity index is 649. The lowest BCUT2D eigenvalue weighted by molar-refractivity contribution is -0.134. The van der Waals surface area contributed by atoms with E-state index in [0.29, 0.717) is 35.1 Å². The highest BCUT2D eigenvalue weighted by molar-refractivity contribution is 5.81. The Morgan fingerprint density at radius 3 is 2.83 bits per heavy atom. The summed E-state index contributed by atoms with van der Waals surface area (Å²) in [6.07, 6.45) is 3.13. The molecule has 1 aromatic carbocycles. The maximum absolute atomic E-state index is 12.2. The van der Waals surface area contributed by atoms with Crippen LogP contribution in [0, 0.1) is 23.2 Å². The molecule has 1 N–H and O–H groups in total. The number of nitrogens with one attached hydrogen (secondary N) is 1. The van der Waals surface area contributed by atoms with E-state index >= 15 is 0 Å². The zero-order valence-corrected chi connectivity index (χ0v) is 14.4. The van der Waals surface area contributed by atoms with Gasteiger partial charge >= 0.3 is 0 Å². The molecule has 1 aliphatic carbocycles. The van der Waals surface area contributed by atoms with Crippen LogP contribution in [-0.4, -0.2) is 37.0 Å². The number of piperidine rings is 1. The molecule has 24 heavy (non-hydrogen) atoms. The van der Waals surface area contributed by atoms with Gasteiger partial charge in [-0.2, -0.15) is 5.26 Å². The molecule has 128 valence electrons. The third-order valence-electron chi connectivity index (χ3n) is 5.10. The van der Waals surface area contributed by atoms with E-state index < -0.39 is 0 Å². The smallest absolute Gasteiger partial charge is 0.225 e. The number of methoxy groups -OCH3 is 1. The number of likely N-dealkylation sites (tertiary alicyclic amines) is 1. The summed E-state index contributed by atoms with van der Waals surface area (Å²) in [6, 6.07) is 8.28. The molecule has 5 nitrogen and oxygen atoms in total. The van der Waals surface area contributed by atoms with Crippen molar-refractivity contribution in [3.63, 3.8) is 0 Å². The molecule has 2 fully saturated rings. The molecule has 1 saturated carbocycles. The highest BCUT2D eigenvalue weighted by Gasteiger charge is 2.36. The van der Waals surface area contributed by atoms with Crippen molar-refractivity contribution >= 4 is 5.91 Å². The average molecular weight is 327 g/mol. The van der Waals surface area contributed by atoms with Gasteiger partial charge in [0.25, 0.3) is 0 Å². The van der Waals surface area contributed by atoms with E-state index in [4.69, 9.17) is 4.74 Å². The fourth-order valence-corrected chi connectivity index (χ4v) is 3.44. The molecule has 3 rings (SSSR count). The lowest BCUT2D eigenvalue weighted by Gasteiger charge is -2.37. The fourth-order valence-electron chi connectivity index (χ4n) is 3.44. The molecule has 1 amide bonds. The summed E-state index contributed by atoms with van der Waals surface area (Å²) in [4.78, 5) is 14.2. The Kier molecular flexibility index (Phi) is 5.06. The number of hydrogen-bond acceptors (Lipinski definition) is 4. The fraction of sp³-hybridized carbons (Fsp3) is 0.579. The van der Waals surface area contributed by atoms with Gasteiger partial charge in [-0.15, -0.1) is 0 Å². The highest BCUT2D eigenvalue weighted by atomic mass is 16.5. The summed E-state index contributed by atoms with van der Waals surface area (Å²) in [5.41, 5.74) is 1.64. The van der Waals surface area contributed by atoms with Crippen molar-refractivity contribution in [3.05, 3.63) is 29.3 Å². The molecule has 5 heteroatoms. The zero-order valence-electron chi connectivity index (χ0n) is 14.4. The third-order valence-corrected chi connectivity index (χ3v) is 5.10. The predicted octanol–water partition coefficient (Wildman–Crippen LogP) is 2.30. The normalized spacial score (nSPS) is 23.6. The van der Waals surface area contributed by atoms with Gasteiger partial charge in [0.15, 0.2) is 0 Å². The number of carbonyl (C=O) groups is 1. The summed E-state index contributed by atoms with van der Waals surface area (Å²) in [6.45, 7) is 4.63. The zero-order chi connectivity index (χ0) is 17.1. The van der Waals surface area contributed by atoms with Gasteiger partial charge < -0.3 is 15.0 Å². The summed E-state index contributed by atoms with van der Waals surface area (Å²) in [7, 11) is 1.58. The summed E-state index contributed by atoms with van der Waals surface area (Å²) in [5, 5.41) is 12.8. The van der Waals surface area contributed by atoms with E-state index in [0.717, 1.165) is 44.5 Å². The first-order chi connectivity index (χ1) is 11.6. The Balaban J connectivity index is 1.54. The van der Waals surface area contributed by atoms with Gasteiger partial charge in [0, 0.05) is 31.6 Å². The Labute approximate surface area is 143 Å². The standard InChI is InChI=1S/C19H25N3O2/c1-13-12-22(19(23)15-4-5-15)8-7-17(13)21-11-14-3-6-18(24-2)16(9-14)10-20/h3,6,9,13,15,17,21H,4-5,7-8,11-12H2,1-2H3. The van der Waals surface area contributed by atoms with Gasteiger partial charge in [-0.25, -0.2) is 0 Å². The lowest BCUT2D eigenvalue weighted by Crippen LogP contribution is -2.50. The Hall–Kier alpha value is -2.06. The summed E-state index contributed by atoms with van der Waals surface area (Å²) < 4.78 is 5.18. The number of hydrogen-bond donors (Lipinski definition) is 1. The molecule has 2 atom stereocenters. The molecule has 2 aliphatic rings. The highest BCUT2D eigenvalue weighted by Crippen LogP contribution is 2.32. The van der Waals surface area contributed by atoms with Crippen molar-refractivity contribution in [3.8, 4) is 11.8 Å². The van der Waals surface area contributed by atoms with Gasteiger partial charge in [0.2, 0.25) is 5.91 Å². The van der Waals surface area contributed by atoms with Crippen LogP contribution in [0.5, 0.6) is 5.75 Å². The van der Waals surface area contributed by atoms with Gasteiger partial charge in [-0.3, -0.25) is 4.79 Å². The van der Waals surface area contributed by atoms with Crippen LogP contribution in [0.2, 0.25) is 0 Å². The van der Waals surface area contributed by atoms with Crippen molar-refractivity contribution in [2.45, 2.75) is 38.8 Å². The second kappa shape index (κ2) is 7.23.